The molecule has 106 valence electrons. The Balaban J connectivity index is 2.69. The van der Waals surface area contributed by atoms with Crippen LogP contribution in [0, 0.1) is 5.92 Å². The number of carbonyl (C=O) groups is 1. The number of ether oxygens (including phenoxy) is 1. The zero-order valence-electron chi connectivity index (χ0n) is 11.5. The number of benzene rings is 1. The van der Waals surface area contributed by atoms with E-state index in [9.17, 15) is 4.79 Å². The highest BCUT2D eigenvalue weighted by atomic mass is 16.5. The van der Waals surface area contributed by atoms with Crippen LogP contribution in [0.2, 0.25) is 0 Å². The van der Waals surface area contributed by atoms with Crippen molar-refractivity contribution in [2.75, 3.05) is 26.0 Å². The summed E-state index contributed by atoms with van der Waals surface area (Å²) in [5.74, 6) is 0.573. The van der Waals surface area contributed by atoms with Crippen molar-refractivity contribution >= 4 is 11.6 Å². The summed E-state index contributed by atoms with van der Waals surface area (Å²) < 4.78 is 5.15. The van der Waals surface area contributed by atoms with Gasteiger partial charge < -0.3 is 20.9 Å². The lowest BCUT2D eigenvalue weighted by atomic mass is 10.0. The summed E-state index contributed by atoms with van der Waals surface area (Å²) in [5, 5.41) is 11.8. The third-order valence-corrected chi connectivity index (χ3v) is 3.13. The topological polar surface area (TPSA) is 84.6 Å². The summed E-state index contributed by atoms with van der Waals surface area (Å²) in [4.78, 5) is 12.1. The largest absolute Gasteiger partial charge is 0.496 e. The Hall–Kier alpha value is -1.75. The smallest absolute Gasteiger partial charge is 0.255 e. The van der Waals surface area contributed by atoms with Crippen LogP contribution in [0.25, 0.3) is 0 Å². The highest BCUT2D eigenvalue weighted by molar-refractivity contribution is 5.97. The molecule has 0 saturated carbocycles. The average Bonchev–Trinajstić information content (AvgIpc) is 2.43. The summed E-state index contributed by atoms with van der Waals surface area (Å²) >= 11 is 0. The Labute approximate surface area is 113 Å². The first kappa shape index (κ1) is 15.3. The fourth-order valence-electron chi connectivity index (χ4n) is 1.87. The molecule has 1 unspecified atom stereocenters. The van der Waals surface area contributed by atoms with Crippen LogP contribution in [0.15, 0.2) is 18.2 Å². The number of aliphatic hydroxyl groups is 1. The predicted octanol–water partition coefficient (Wildman–Crippen LogP) is 1.42. The van der Waals surface area contributed by atoms with Gasteiger partial charge in [-0.15, -0.1) is 0 Å². The number of aliphatic hydroxyl groups excluding tert-OH is 1. The van der Waals surface area contributed by atoms with Crippen molar-refractivity contribution in [3.63, 3.8) is 0 Å². The van der Waals surface area contributed by atoms with Crippen molar-refractivity contribution in [1.82, 2.24) is 5.32 Å². The molecule has 0 aromatic heterocycles. The summed E-state index contributed by atoms with van der Waals surface area (Å²) in [5.41, 5.74) is 6.63. The van der Waals surface area contributed by atoms with E-state index in [1.54, 1.807) is 18.2 Å². The SMILES string of the molecule is CCC(CCO)CNC(=O)c1cc(N)ccc1OC. The molecule has 0 spiro atoms. The number of hydrogen-bond acceptors (Lipinski definition) is 4. The molecule has 0 bridgehead atoms. The summed E-state index contributed by atoms with van der Waals surface area (Å²) in [6, 6.07) is 4.96. The van der Waals surface area contributed by atoms with E-state index in [1.807, 2.05) is 6.92 Å². The molecule has 0 radical (unpaired) electrons. The Kier molecular flexibility index (Phi) is 6.15. The van der Waals surface area contributed by atoms with Crippen LogP contribution in [0.5, 0.6) is 5.75 Å². The van der Waals surface area contributed by atoms with Crippen LogP contribution in [0.4, 0.5) is 5.69 Å². The third kappa shape index (κ3) is 4.44. The third-order valence-electron chi connectivity index (χ3n) is 3.13. The minimum atomic E-state index is -0.208. The highest BCUT2D eigenvalue weighted by Crippen LogP contribution is 2.21. The van der Waals surface area contributed by atoms with Gasteiger partial charge in [-0.3, -0.25) is 4.79 Å². The average molecular weight is 266 g/mol. The van der Waals surface area contributed by atoms with Gasteiger partial charge in [0, 0.05) is 18.8 Å². The van der Waals surface area contributed by atoms with E-state index in [-0.39, 0.29) is 18.4 Å². The first-order chi connectivity index (χ1) is 9.12. The maximum Gasteiger partial charge on any atom is 0.255 e. The van der Waals surface area contributed by atoms with E-state index in [1.165, 1.54) is 7.11 Å². The minimum Gasteiger partial charge on any atom is -0.496 e. The molecule has 19 heavy (non-hydrogen) atoms. The van der Waals surface area contributed by atoms with E-state index in [4.69, 9.17) is 15.6 Å². The van der Waals surface area contributed by atoms with Crippen LogP contribution in [-0.4, -0.2) is 31.3 Å². The maximum absolute atomic E-state index is 12.1. The fraction of sp³-hybridized carbons (Fsp3) is 0.500. The normalized spacial score (nSPS) is 11.9. The number of amides is 1. The second-order valence-corrected chi connectivity index (χ2v) is 4.46. The lowest BCUT2D eigenvalue weighted by molar-refractivity contribution is 0.0940. The lowest BCUT2D eigenvalue weighted by Crippen LogP contribution is -2.29. The molecule has 5 heteroatoms. The number of methoxy groups -OCH3 is 1. The molecule has 0 saturated heterocycles. The summed E-state index contributed by atoms with van der Waals surface area (Å²) in [6.07, 6.45) is 1.60. The molecule has 0 aliphatic carbocycles. The minimum absolute atomic E-state index is 0.135. The van der Waals surface area contributed by atoms with Crippen LogP contribution >= 0.6 is 0 Å². The molecule has 0 aliphatic rings. The Bertz CT molecular complexity index is 421. The number of carbonyl (C=O) groups excluding carboxylic acids is 1. The van der Waals surface area contributed by atoms with Gasteiger partial charge >= 0.3 is 0 Å². The first-order valence-corrected chi connectivity index (χ1v) is 6.44. The molecule has 1 aromatic carbocycles. The number of nitrogens with one attached hydrogen (secondary N) is 1. The monoisotopic (exact) mass is 266 g/mol. The van der Waals surface area contributed by atoms with Crippen molar-refractivity contribution in [1.29, 1.82) is 0 Å². The zero-order chi connectivity index (χ0) is 14.3. The summed E-state index contributed by atoms with van der Waals surface area (Å²) in [6.45, 7) is 2.71. The van der Waals surface area contributed by atoms with Gasteiger partial charge in [-0.05, 0) is 30.5 Å². The number of anilines is 1. The van der Waals surface area contributed by atoms with Crippen molar-refractivity contribution in [2.45, 2.75) is 19.8 Å². The van der Waals surface area contributed by atoms with E-state index in [0.717, 1.165) is 6.42 Å². The standard InChI is InChI=1S/C14H22N2O3/c1-3-10(6-7-17)9-16-14(18)12-8-11(15)4-5-13(12)19-2/h4-5,8,10,17H,3,6-7,9,15H2,1-2H3,(H,16,18). The molecule has 1 rings (SSSR count). The molecule has 0 aliphatic heterocycles. The van der Waals surface area contributed by atoms with E-state index in [2.05, 4.69) is 5.32 Å². The van der Waals surface area contributed by atoms with E-state index < -0.39 is 0 Å². The van der Waals surface area contributed by atoms with E-state index >= 15 is 0 Å². The van der Waals surface area contributed by atoms with Crippen molar-refractivity contribution in [2.24, 2.45) is 5.92 Å². The molecule has 5 nitrogen and oxygen atoms in total. The highest BCUT2D eigenvalue weighted by Gasteiger charge is 2.14. The van der Waals surface area contributed by atoms with Crippen LogP contribution in [0.3, 0.4) is 0 Å². The van der Waals surface area contributed by atoms with Gasteiger partial charge in [0.05, 0.1) is 12.7 Å². The Morgan fingerprint density at radius 3 is 2.84 bits per heavy atom. The lowest BCUT2D eigenvalue weighted by Gasteiger charge is -2.15. The van der Waals surface area contributed by atoms with Crippen LogP contribution in [0.1, 0.15) is 30.1 Å². The molecular formula is C14H22N2O3. The van der Waals surface area contributed by atoms with Crippen LogP contribution < -0.4 is 15.8 Å². The van der Waals surface area contributed by atoms with Gasteiger partial charge in [-0.1, -0.05) is 13.3 Å². The van der Waals surface area contributed by atoms with Crippen LogP contribution in [-0.2, 0) is 0 Å². The zero-order valence-corrected chi connectivity index (χ0v) is 11.5. The molecule has 0 heterocycles. The van der Waals surface area contributed by atoms with Crippen molar-refractivity contribution in [3.8, 4) is 5.75 Å². The number of rotatable bonds is 7. The maximum atomic E-state index is 12.1. The predicted molar refractivity (Wildman–Crippen MR) is 75.2 cm³/mol. The van der Waals surface area contributed by atoms with Gasteiger partial charge in [-0.2, -0.15) is 0 Å². The van der Waals surface area contributed by atoms with E-state index in [0.29, 0.717) is 30.0 Å². The van der Waals surface area contributed by atoms with Gasteiger partial charge in [0.1, 0.15) is 5.75 Å². The molecule has 1 aromatic rings. The second-order valence-electron chi connectivity index (χ2n) is 4.46. The quantitative estimate of drug-likeness (QED) is 0.652. The molecule has 1 atom stereocenters. The molecule has 1 amide bonds. The van der Waals surface area contributed by atoms with Gasteiger partial charge in [0.2, 0.25) is 0 Å². The Morgan fingerprint density at radius 1 is 1.53 bits per heavy atom. The molecule has 0 fully saturated rings. The molecular weight excluding hydrogens is 244 g/mol. The number of hydrogen-bond donors (Lipinski definition) is 3. The summed E-state index contributed by atoms with van der Waals surface area (Å²) in [7, 11) is 1.52. The number of nitrogens with two attached hydrogens (primary N) is 1. The fourth-order valence-corrected chi connectivity index (χ4v) is 1.87. The van der Waals surface area contributed by atoms with Crippen molar-refractivity contribution in [3.05, 3.63) is 23.8 Å². The van der Waals surface area contributed by atoms with Gasteiger partial charge in [0.25, 0.3) is 5.91 Å². The second kappa shape index (κ2) is 7.63. The van der Waals surface area contributed by atoms with Gasteiger partial charge in [0.15, 0.2) is 0 Å². The number of nitrogen functional groups attached to an aromatic ring is 1. The Morgan fingerprint density at radius 2 is 2.26 bits per heavy atom. The van der Waals surface area contributed by atoms with Crippen molar-refractivity contribution < 1.29 is 14.6 Å². The van der Waals surface area contributed by atoms with Gasteiger partial charge in [-0.25, -0.2) is 0 Å². The first-order valence-electron chi connectivity index (χ1n) is 6.44. The molecule has 4 N–H and O–H groups in total.